The molecule has 2 aromatic heterocycles. The quantitative estimate of drug-likeness (QED) is 0.874. The highest BCUT2D eigenvalue weighted by Crippen LogP contribution is 2.31. The molecule has 0 bridgehead atoms. The fraction of sp³-hybridized carbons (Fsp3) is 0.533. The predicted octanol–water partition coefficient (Wildman–Crippen LogP) is 1.55. The van der Waals surface area contributed by atoms with Crippen LogP contribution in [0.3, 0.4) is 0 Å². The minimum absolute atomic E-state index is 0.0143. The van der Waals surface area contributed by atoms with Crippen LogP contribution >= 0.6 is 11.3 Å². The van der Waals surface area contributed by atoms with E-state index >= 15 is 0 Å². The van der Waals surface area contributed by atoms with Crippen LogP contribution in [0.5, 0.6) is 0 Å². The molecule has 2 aromatic rings. The molecule has 1 fully saturated rings. The molecule has 0 aliphatic carbocycles. The number of fused-ring (bicyclic) bond motifs is 1. The van der Waals surface area contributed by atoms with Crippen molar-refractivity contribution in [1.29, 1.82) is 0 Å². The summed E-state index contributed by atoms with van der Waals surface area (Å²) in [7, 11) is 0. The number of thiophene rings is 1. The van der Waals surface area contributed by atoms with Crippen molar-refractivity contribution >= 4 is 33.3 Å². The second-order valence-corrected chi connectivity index (χ2v) is 6.50. The predicted molar refractivity (Wildman–Crippen MR) is 87.1 cm³/mol. The zero-order valence-corrected chi connectivity index (χ0v) is 13.3. The van der Waals surface area contributed by atoms with Gasteiger partial charge < -0.3 is 15.3 Å². The number of hydrogen-bond acceptors (Lipinski definition) is 6. The van der Waals surface area contributed by atoms with Crippen LogP contribution in [-0.4, -0.2) is 46.2 Å². The van der Waals surface area contributed by atoms with E-state index in [9.17, 15) is 4.79 Å². The standard InChI is InChI=1S/C15H20N4O2S/c1-10(4-7-20)18-14(21)12-3-2-6-19(12)13-11-5-8-22-15(11)17-9-16-13/h5,8-10,12,20H,2-4,6-7H2,1H3,(H,18,21). The van der Waals surface area contributed by atoms with Gasteiger partial charge in [0.15, 0.2) is 0 Å². The molecule has 22 heavy (non-hydrogen) atoms. The summed E-state index contributed by atoms with van der Waals surface area (Å²) >= 11 is 1.58. The first kappa shape index (κ1) is 15.2. The molecule has 0 saturated carbocycles. The van der Waals surface area contributed by atoms with Crippen molar-refractivity contribution in [2.45, 2.75) is 38.3 Å². The normalized spacial score (nSPS) is 19.5. The number of anilines is 1. The van der Waals surface area contributed by atoms with Gasteiger partial charge in [0, 0.05) is 19.2 Å². The first-order valence-corrected chi connectivity index (χ1v) is 8.44. The van der Waals surface area contributed by atoms with Gasteiger partial charge in [0.2, 0.25) is 5.91 Å². The molecule has 7 heteroatoms. The highest BCUT2D eigenvalue weighted by Gasteiger charge is 2.33. The smallest absolute Gasteiger partial charge is 0.242 e. The van der Waals surface area contributed by atoms with Crippen LogP contribution in [0, 0.1) is 0 Å². The molecule has 2 atom stereocenters. The maximum Gasteiger partial charge on any atom is 0.242 e. The Hall–Kier alpha value is -1.73. The van der Waals surface area contributed by atoms with Crippen molar-refractivity contribution in [3.8, 4) is 0 Å². The molecule has 1 aliphatic rings. The highest BCUT2D eigenvalue weighted by atomic mass is 32.1. The Kier molecular flexibility index (Phi) is 4.54. The third-order valence-corrected chi connectivity index (χ3v) is 4.84. The molecule has 3 rings (SSSR count). The van der Waals surface area contributed by atoms with Crippen LogP contribution in [0.2, 0.25) is 0 Å². The molecule has 118 valence electrons. The average Bonchev–Trinajstić information content (AvgIpc) is 3.16. The van der Waals surface area contributed by atoms with Gasteiger partial charge >= 0.3 is 0 Å². The zero-order chi connectivity index (χ0) is 15.5. The van der Waals surface area contributed by atoms with Gasteiger partial charge in [0.1, 0.15) is 23.0 Å². The highest BCUT2D eigenvalue weighted by molar-refractivity contribution is 7.16. The van der Waals surface area contributed by atoms with E-state index in [-0.39, 0.29) is 24.6 Å². The van der Waals surface area contributed by atoms with E-state index in [0.29, 0.717) is 6.42 Å². The van der Waals surface area contributed by atoms with Crippen LogP contribution in [0.25, 0.3) is 10.2 Å². The van der Waals surface area contributed by atoms with E-state index in [4.69, 9.17) is 5.11 Å². The maximum absolute atomic E-state index is 12.5. The molecule has 0 aromatic carbocycles. The van der Waals surface area contributed by atoms with Crippen molar-refractivity contribution in [2.75, 3.05) is 18.1 Å². The molecule has 1 amide bonds. The van der Waals surface area contributed by atoms with Crippen molar-refractivity contribution < 1.29 is 9.90 Å². The summed E-state index contributed by atoms with van der Waals surface area (Å²) in [6.45, 7) is 2.82. The number of aliphatic hydroxyl groups is 1. The lowest BCUT2D eigenvalue weighted by Crippen LogP contribution is -2.46. The topological polar surface area (TPSA) is 78.4 Å². The van der Waals surface area contributed by atoms with Gasteiger partial charge in [-0.3, -0.25) is 4.79 Å². The fourth-order valence-electron chi connectivity index (χ4n) is 2.90. The minimum atomic E-state index is -0.195. The first-order valence-electron chi connectivity index (χ1n) is 7.57. The van der Waals surface area contributed by atoms with Crippen LogP contribution in [-0.2, 0) is 4.79 Å². The molecule has 6 nitrogen and oxygen atoms in total. The van der Waals surface area contributed by atoms with Gasteiger partial charge in [-0.05, 0) is 37.6 Å². The molecule has 1 saturated heterocycles. The lowest BCUT2D eigenvalue weighted by atomic mass is 10.1. The van der Waals surface area contributed by atoms with Crippen LogP contribution < -0.4 is 10.2 Å². The SMILES string of the molecule is CC(CCO)NC(=O)C1CCCN1c1ncnc2sccc12. The van der Waals surface area contributed by atoms with Crippen molar-refractivity contribution in [2.24, 2.45) is 0 Å². The van der Waals surface area contributed by atoms with E-state index in [1.165, 1.54) is 0 Å². The number of aromatic nitrogens is 2. The lowest BCUT2D eigenvalue weighted by molar-refractivity contribution is -0.122. The summed E-state index contributed by atoms with van der Waals surface area (Å²) in [5.74, 6) is 0.860. The second kappa shape index (κ2) is 6.58. The van der Waals surface area contributed by atoms with E-state index in [1.54, 1.807) is 17.7 Å². The Balaban J connectivity index is 1.81. The summed E-state index contributed by atoms with van der Waals surface area (Å²) < 4.78 is 0. The summed E-state index contributed by atoms with van der Waals surface area (Å²) in [6.07, 6.45) is 3.94. The Bertz CT molecular complexity index is 660. The molecular weight excluding hydrogens is 300 g/mol. The van der Waals surface area contributed by atoms with Crippen LogP contribution in [0.15, 0.2) is 17.8 Å². The van der Waals surface area contributed by atoms with Crippen molar-refractivity contribution in [3.05, 3.63) is 17.8 Å². The van der Waals surface area contributed by atoms with Crippen molar-refractivity contribution in [3.63, 3.8) is 0 Å². The summed E-state index contributed by atoms with van der Waals surface area (Å²) in [4.78, 5) is 24.2. The molecule has 1 aliphatic heterocycles. The minimum Gasteiger partial charge on any atom is -0.396 e. The number of nitrogens with one attached hydrogen (secondary N) is 1. The van der Waals surface area contributed by atoms with Crippen LogP contribution in [0.1, 0.15) is 26.2 Å². The zero-order valence-electron chi connectivity index (χ0n) is 12.5. The lowest BCUT2D eigenvalue weighted by Gasteiger charge is -2.26. The van der Waals surface area contributed by atoms with E-state index in [0.717, 1.165) is 35.4 Å². The third-order valence-electron chi connectivity index (χ3n) is 4.02. The van der Waals surface area contributed by atoms with Gasteiger partial charge in [-0.25, -0.2) is 9.97 Å². The van der Waals surface area contributed by atoms with E-state index in [2.05, 4.69) is 20.2 Å². The Morgan fingerprint density at radius 1 is 1.59 bits per heavy atom. The molecule has 0 radical (unpaired) electrons. The number of amides is 1. The Labute approximate surface area is 133 Å². The number of aliphatic hydroxyl groups excluding tert-OH is 1. The number of hydrogen-bond donors (Lipinski definition) is 2. The largest absolute Gasteiger partial charge is 0.396 e. The van der Waals surface area contributed by atoms with Gasteiger partial charge in [-0.2, -0.15) is 0 Å². The van der Waals surface area contributed by atoms with Gasteiger partial charge in [0.25, 0.3) is 0 Å². The molecule has 2 unspecified atom stereocenters. The van der Waals surface area contributed by atoms with Crippen LogP contribution in [0.4, 0.5) is 5.82 Å². The number of carbonyl (C=O) groups is 1. The third kappa shape index (κ3) is 2.91. The molecule has 3 heterocycles. The van der Waals surface area contributed by atoms with E-state index < -0.39 is 0 Å². The van der Waals surface area contributed by atoms with E-state index in [1.807, 2.05) is 18.4 Å². The molecule has 2 N–H and O–H groups in total. The summed E-state index contributed by atoms with van der Waals surface area (Å²) in [6, 6.07) is 1.79. The monoisotopic (exact) mass is 320 g/mol. The molecule has 0 spiro atoms. The maximum atomic E-state index is 12.5. The van der Waals surface area contributed by atoms with Crippen molar-refractivity contribution in [1.82, 2.24) is 15.3 Å². The summed E-state index contributed by atoms with van der Waals surface area (Å²) in [5, 5.41) is 15.0. The fourth-order valence-corrected chi connectivity index (χ4v) is 3.63. The Morgan fingerprint density at radius 3 is 3.27 bits per heavy atom. The number of nitrogens with zero attached hydrogens (tertiary/aromatic N) is 3. The van der Waals surface area contributed by atoms with Gasteiger partial charge in [0.05, 0.1) is 5.39 Å². The molecular formula is C15H20N4O2S. The number of carbonyl (C=O) groups excluding carboxylic acids is 1. The average molecular weight is 320 g/mol. The first-order chi connectivity index (χ1) is 10.7. The van der Waals surface area contributed by atoms with Gasteiger partial charge in [-0.15, -0.1) is 11.3 Å². The Morgan fingerprint density at radius 2 is 2.45 bits per heavy atom. The second-order valence-electron chi connectivity index (χ2n) is 5.61. The summed E-state index contributed by atoms with van der Waals surface area (Å²) in [5.41, 5.74) is 0. The number of rotatable bonds is 5. The van der Waals surface area contributed by atoms with Gasteiger partial charge in [-0.1, -0.05) is 0 Å².